The van der Waals surface area contributed by atoms with E-state index in [1.165, 1.54) is 0 Å². The Balaban J connectivity index is 2.90. The summed E-state index contributed by atoms with van der Waals surface area (Å²) < 4.78 is 1.01. The highest BCUT2D eigenvalue weighted by molar-refractivity contribution is 9.10. The van der Waals surface area contributed by atoms with E-state index < -0.39 is 0 Å². The molecule has 0 bridgehead atoms. The summed E-state index contributed by atoms with van der Waals surface area (Å²) >= 11 is 3.38. The summed E-state index contributed by atoms with van der Waals surface area (Å²) in [5.74, 6) is 3.53. The summed E-state index contributed by atoms with van der Waals surface area (Å²) in [6.07, 6.45) is 7.07. The van der Waals surface area contributed by atoms with Gasteiger partial charge in [-0.3, -0.25) is 0 Å². The lowest BCUT2D eigenvalue weighted by atomic mass is 10.3. The standard InChI is InChI=1S/C10H11BrN2/c1-4-8(2)13(3)10-7-9(11)5-6-12-10/h1,5-8H,2-3H3. The zero-order chi connectivity index (χ0) is 9.84. The van der Waals surface area contributed by atoms with Gasteiger partial charge in [0.1, 0.15) is 5.82 Å². The van der Waals surface area contributed by atoms with Gasteiger partial charge >= 0.3 is 0 Å². The molecule has 0 N–H and O–H groups in total. The van der Waals surface area contributed by atoms with E-state index in [1.807, 2.05) is 31.0 Å². The van der Waals surface area contributed by atoms with Crippen LogP contribution in [0.2, 0.25) is 0 Å². The Morgan fingerprint density at radius 2 is 2.38 bits per heavy atom. The van der Waals surface area contributed by atoms with Crippen molar-refractivity contribution in [2.75, 3.05) is 11.9 Å². The maximum atomic E-state index is 5.32. The molecule has 0 aliphatic carbocycles. The van der Waals surface area contributed by atoms with Crippen LogP contribution in [0, 0.1) is 12.3 Å². The zero-order valence-electron chi connectivity index (χ0n) is 7.66. The highest BCUT2D eigenvalue weighted by atomic mass is 79.9. The number of anilines is 1. The second-order valence-electron chi connectivity index (χ2n) is 2.79. The van der Waals surface area contributed by atoms with Crippen molar-refractivity contribution in [3.63, 3.8) is 0 Å². The number of hydrogen-bond donors (Lipinski definition) is 0. The van der Waals surface area contributed by atoms with E-state index in [0.717, 1.165) is 10.3 Å². The van der Waals surface area contributed by atoms with Crippen LogP contribution >= 0.6 is 15.9 Å². The van der Waals surface area contributed by atoms with Crippen LogP contribution in [0.5, 0.6) is 0 Å². The largest absolute Gasteiger partial charge is 0.346 e. The fourth-order valence-electron chi connectivity index (χ4n) is 0.897. The van der Waals surface area contributed by atoms with Crippen LogP contribution in [0.4, 0.5) is 5.82 Å². The number of pyridine rings is 1. The van der Waals surface area contributed by atoms with Gasteiger partial charge in [0.15, 0.2) is 0 Å². The molecule has 68 valence electrons. The maximum absolute atomic E-state index is 5.32. The molecule has 0 aliphatic heterocycles. The van der Waals surface area contributed by atoms with Crippen LogP contribution in [0.25, 0.3) is 0 Å². The Bertz CT molecular complexity index is 330. The van der Waals surface area contributed by atoms with Crippen molar-refractivity contribution in [2.45, 2.75) is 13.0 Å². The fraction of sp³-hybridized carbons (Fsp3) is 0.300. The second-order valence-corrected chi connectivity index (χ2v) is 3.70. The zero-order valence-corrected chi connectivity index (χ0v) is 9.25. The molecular weight excluding hydrogens is 228 g/mol. The van der Waals surface area contributed by atoms with Gasteiger partial charge in [-0.15, -0.1) is 6.42 Å². The van der Waals surface area contributed by atoms with Gasteiger partial charge in [-0.05, 0) is 19.1 Å². The predicted molar refractivity (Wildman–Crippen MR) is 58.6 cm³/mol. The normalized spacial score (nSPS) is 11.8. The van der Waals surface area contributed by atoms with Gasteiger partial charge in [0, 0.05) is 17.7 Å². The van der Waals surface area contributed by atoms with Crippen LogP contribution in [-0.4, -0.2) is 18.1 Å². The molecule has 1 aromatic rings. The Labute approximate surface area is 87.1 Å². The molecule has 13 heavy (non-hydrogen) atoms. The third kappa shape index (κ3) is 2.46. The molecule has 3 heteroatoms. The molecule has 0 saturated carbocycles. The molecular formula is C10H11BrN2. The monoisotopic (exact) mass is 238 g/mol. The van der Waals surface area contributed by atoms with Gasteiger partial charge in [-0.25, -0.2) is 4.98 Å². The Morgan fingerprint density at radius 3 is 2.92 bits per heavy atom. The topological polar surface area (TPSA) is 16.1 Å². The summed E-state index contributed by atoms with van der Waals surface area (Å²) in [4.78, 5) is 6.16. The van der Waals surface area contributed by atoms with Crippen molar-refractivity contribution in [2.24, 2.45) is 0 Å². The average Bonchev–Trinajstić information content (AvgIpc) is 2.15. The van der Waals surface area contributed by atoms with E-state index in [9.17, 15) is 0 Å². The van der Waals surface area contributed by atoms with Crippen LogP contribution in [0.3, 0.4) is 0 Å². The number of aromatic nitrogens is 1. The summed E-state index contributed by atoms with van der Waals surface area (Å²) in [6.45, 7) is 1.96. The first kappa shape index (κ1) is 10.1. The minimum atomic E-state index is 0.0572. The maximum Gasteiger partial charge on any atom is 0.130 e. The first-order valence-corrected chi connectivity index (χ1v) is 4.75. The summed E-state index contributed by atoms with van der Waals surface area (Å²) in [7, 11) is 1.93. The molecule has 1 unspecified atom stereocenters. The lowest BCUT2D eigenvalue weighted by Gasteiger charge is -2.21. The summed E-state index contributed by atoms with van der Waals surface area (Å²) in [5.41, 5.74) is 0. The third-order valence-corrected chi connectivity index (χ3v) is 2.38. The molecule has 0 aromatic carbocycles. The Hall–Kier alpha value is -1.01. The van der Waals surface area contributed by atoms with Gasteiger partial charge in [0.05, 0.1) is 6.04 Å². The number of nitrogens with zero attached hydrogens (tertiary/aromatic N) is 2. The lowest BCUT2D eigenvalue weighted by molar-refractivity contribution is 0.829. The van der Waals surface area contributed by atoms with Crippen molar-refractivity contribution < 1.29 is 0 Å². The van der Waals surface area contributed by atoms with E-state index in [-0.39, 0.29) is 6.04 Å². The van der Waals surface area contributed by atoms with Crippen molar-refractivity contribution in [3.8, 4) is 12.3 Å². The van der Waals surface area contributed by atoms with E-state index in [1.54, 1.807) is 6.20 Å². The molecule has 0 saturated heterocycles. The number of terminal acetylenes is 1. The highest BCUT2D eigenvalue weighted by Gasteiger charge is 2.07. The fourth-order valence-corrected chi connectivity index (χ4v) is 1.22. The van der Waals surface area contributed by atoms with Gasteiger partial charge < -0.3 is 4.90 Å². The lowest BCUT2D eigenvalue weighted by Crippen LogP contribution is -2.27. The Kier molecular flexibility index (Phi) is 3.32. The van der Waals surface area contributed by atoms with Gasteiger partial charge in [-0.1, -0.05) is 21.9 Å². The van der Waals surface area contributed by atoms with E-state index in [4.69, 9.17) is 6.42 Å². The molecule has 1 rings (SSSR count). The molecule has 1 atom stereocenters. The van der Waals surface area contributed by atoms with E-state index in [2.05, 4.69) is 26.8 Å². The van der Waals surface area contributed by atoms with Crippen LogP contribution in [0.1, 0.15) is 6.92 Å². The second kappa shape index (κ2) is 4.29. The van der Waals surface area contributed by atoms with E-state index in [0.29, 0.717) is 0 Å². The van der Waals surface area contributed by atoms with Gasteiger partial charge in [-0.2, -0.15) is 0 Å². The quantitative estimate of drug-likeness (QED) is 0.736. The van der Waals surface area contributed by atoms with Crippen molar-refractivity contribution in [3.05, 3.63) is 22.8 Å². The van der Waals surface area contributed by atoms with Crippen LogP contribution < -0.4 is 4.90 Å². The third-order valence-electron chi connectivity index (χ3n) is 1.89. The van der Waals surface area contributed by atoms with Crippen molar-refractivity contribution >= 4 is 21.7 Å². The van der Waals surface area contributed by atoms with Crippen LogP contribution in [0.15, 0.2) is 22.8 Å². The first-order valence-electron chi connectivity index (χ1n) is 3.95. The minimum Gasteiger partial charge on any atom is -0.346 e. The van der Waals surface area contributed by atoms with Gasteiger partial charge in [0.2, 0.25) is 0 Å². The average molecular weight is 239 g/mol. The van der Waals surface area contributed by atoms with Crippen LogP contribution in [-0.2, 0) is 0 Å². The van der Waals surface area contributed by atoms with E-state index >= 15 is 0 Å². The number of rotatable bonds is 2. The molecule has 0 spiro atoms. The minimum absolute atomic E-state index is 0.0572. The summed E-state index contributed by atoms with van der Waals surface area (Å²) in [6, 6.07) is 3.88. The molecule has 2 nitrogen and oxygen atoms in total. The van der Waals surface area contributed by atoms with Crippen molar-refractivity contribution in [1.29, 1.82) is 0 Å². The SMILES string of the molecule is C#CC(C)N(C)c1cc(Br)ccn1. The molecule has 1 aromatic heterocycles. The highest BCUT2D eigenvalue weighted by Crippen LogP contribution is 2.16. The first-order chi connectivity index (χ1) is 6.15. The van der Waals surface area contributed by atoms with Gasteiger partial charge in [0.25, 0.3) is 0 Å². The molecule has 0 amide bonds. The smallest absolute Gasteiger partial charge is 0.130 e. The molecule has 0 aliphatic rings. The summed E-state index contributed by atoms with van der Waals surface area (Å²) in [5, 5.41) is 0. The van der Waals surface area contributed by atoms with Crippen molar-refractivity contribution in [1.82, 2.24) is 4.98 Å². The molecule has 1 heterocycles. The number of halogens is 1. The number of hydrogen-bond acceptors (Lipinski definition) is 2. The molecule has 0 fully saturated rings. The molecule has 0 radical (unpaired) electrons. The predicted octanol–water partition coefficient (Wildman–Crippen LogP) is 2.30. The Morgan fingerprint density at radius 1 is 1.69 bits per heavy atom.